The fourth-order valence-electron chi connectivity index (χ4n) is 1.74. The molecule has 2 aromatic rings. The highest BCUT2D eigenvalue weighted by atomic mass is 19.1. The molecule has 1 aromatic heterocycles. The second-order valence-electron chi connectivity index (χ2n) is 4.27. The zero-order valence-corrected chi connectivity index (χ0v) is 9.71. The third kappa shape index (κ3) is 1.73. The largest absolute Gasteiger partial charge is 0.279 e. The third-order valence-corrected chi connectivity index (χ3v) is 2.71. The summed E-state index contributed by atoms with van der Waals surface area (Å²) in [5, 5.41) is 6.84. The zero-order valence-electron chi connectivity index (χ0n) is 9.71. The second kappa shape index (κ2) is 4.08. The number of halogens is 1. The lowest BCUT2D eigenvalue weighted by Gasteiger charge is -2.02. The summed E-state index contributed by atoms with van der Waals surface area (Å²) in [6.45, 7) is 5.84. The molecule has 1 N–H and O–H groups in total. The first-order valence-corrected chi connectivity index (χ1v) is 5.41. The maximum Gasteiger partial charge on any atom is 0.172 e. The highest BCUT2D eigenvalue weighted by Crippen LogP contribution is 2.27. The molecular weight excluding hydrogens is 203 g/mol. The summed E-state index contributed by atoms with van der Waals surface area (Å²) in [6.07, 6.45) is 0. The van der Waals surface area contributed by atoms with Gasteiger partial charge in [0.25, 0.3) is 0 Å². The standard InChI is InChI=1S/C13H15FN2/c1-8(2)12-11(14)13(16-15-12)10-7-5-4-6-9(10)3/h4-8H,1-3H3,(H,15,16). The summed E-state index contributed by atoms with van der Waals surface area (Å²) in [5.74, 6) is -0.116. The second-order valence-corrected chi connectivity index (χ2v) is 4.27. The van der Waals surface area contributed by atoms with E-state index in [1.807, 2.05) is 45.0 Å². The lowest BCUT2D eigenvalue weighted by Crippen LogP contribution is -1.91. The van der Waals surface area contributed by atoms with Crippen molar-refractivity contribution in [2.45, 2.75) is 26.7 Å². The molecule has 1 aromatic carbocycles. The van der Waals surface area contributed by atoms with Gasteiger partial charge in [0, 0.05) is 5.56 Å². The van der Waals surface area contributed by atoms with E-state index in [9.17, 15) is 4.39 Å². The number of aryl methyl sites for hydroxylation is 1. The van der Waals surface area contributed by atoms with Crippen molar-refractivity contribution in [2.75, 3.05) is 0 Å². The topological polar surface area (TPSA) is 28.7 Å². The summed E-state index contributed by atoms with van der Waals surface area (Å²) >= 11 is 0. The Morgan fingerprint density at radius 1 is 1.25 bits per heavy atom. The first kappa shape index (κ1) is 10.9. The minimum atomic E-state index is -0.232. The van der Waals surface area contributed by atoms with Crippen LogP contribution in [-0.4, -0.2) is 10.2 Å². The fourth-order valence-corrected chi connectivity index (χ4v) is 1.74. The molecule has 0 saturated carbocycles. The first-order valence-electron chi connectivity index (χ1n) is 5.41. The summed E-state index contributed by atoms with van der Waals surface area (Å²) < 4.78 is 14.1. The Kier molecular flexibility index (Phi) is 2.77. The van der Waals surface area contributed by atoms with Crippen molar-refractivity contribution in [1.29, 1.82) is 0 Å². The van der Waals surface area contributed by atoms with E-state index in [0.717, 1.165) is 11.1 Å². The molecule has 0 radical (unpaired) electrons. The van der Waals surface area contributed by atoms with Crippen LogP contribution in [0.25, 0.3) is 11.3 Å². The van der Waals surface area contributed by atoms with Crippen LogP contribution in [0.5, 0.6) is 0 Å². The fraction of sp³-hybridized carbons (Fsp3) is 0.308. The highest BCUT2D eigenvalue weighted by molar-refractivity contribution is 5.64. The van der Waals surface area contributed by atoms with Gasteiger partial charge in [0.2, 0.25) is 0 Å². The van der Waals surface area contributed by atoms with E-state index in [1.54, 1.807) is 0 Å². The van der Waals surface area contributed by atoms with E-state index in [0.29, 0.717) is 11.4 Å². The summed E-state index contributed by atoms with van der Waals surface area (Å²) in [7, 11) is 0. The Bertz CT molecular complexity index is 500. The Labute approximate surface area is 94.5 Å². The van der Waals surface area contributed by atoms with Gasteiger partial charge in [-0.3, -0.25) is 5.10 Å². The van der Waals surface area contributed by atoms with E-state index in [-0.39, 0.29) is 11.7 Å². The van der Waals surface area contributed by atoms with Crippen LogP contribution in [0.15, 0.2) is 24.3 Å². The molecule has 0 amide bonds. The third-order valence-electron chi connectivity index (χ3n) is 2.71. The van der Waals surface area contributed by atoms with Gasteiger partial charge in [0.1, 0.15) is 5.69 Å². The Morgan fingerprint density at radius 3 is 2.50 bits per heavy atom. The normalized spacial score (nSPS) is 11.1. The monoisotopic (exact) mass is 218 g/mol. The maximum atomic E-state index is 14.1. The molecule has 3 heteroatoms. The lowest BCUT2D eigenvalue weighted by atomic mass is 10.0. The molecule has 0 aliphatic carbocycles. The maximum absolute atomic E-state index is 14.1. The predicted octanol–water partition coefficient (Wildman–Crippen LogP) is 3.65. The number of aromatic nitrogens is 2. The van der Waals surface area contributed by atoms with E-state index in [4.69, 9.17) is 0 Å². The number of benzene rings is 1. The molecule has 0 atom stereocenters. The van der Waals surface area contributed by atoms with Crippen LogP contribution in [-0.2, 0) is 0 Å². The van der Waals surface area contributed by atoms with Crippen LogP contribution in [0.2, 0.25) is 0 Å². The molecule has 1 heterocycles. The van der Waals surface area contributed by atoms with E-state index in [1.165, 1.54) is 0 Å². The molecule has 0 spiro atoms. The quantitative estimate of drug-likeness (QED) is 0.819. The van der Waals surface area contributed by atoms with Gasteiger partial charge < -0.3 is 0 Å². The van der Waals surface area contributed by atoms with Crippen molar-refractivity contribution >= 4 is 0 Å². The number of nitrogens with zero attached hydrogens (tertiary/aromatic N) is 1. The van der Waals surface area contributed by atoms with Gasteiger partial charge in [-0.05, 0) is 18.4 Å². The van der Waals surface area contributed by atoms with Crippen LogP contribution >= 0.6 is 0 Å². The number of nitrogens with one attached hydrogen (secondary N) is 1. The van der Waals surface area contributed by atoms with Gasteiger partial charge in [0.05, 0.1) is 5.69 Å². The lowest BCUT2D eigenvalue weighted by molar-refractivity contribution is 0.599. The smallest absolute Gasteiger partial charge is 0.172 e. The van der Waals surface area contributed by atoms with Crippen LogP contribution in [0.3, 0.4) is 0 Å². The summed E-state index contributed by atoms with van der Waals surface area (Å²) in [5.41, 5.74) is 2.87. The molecule has 0 saturated heterocycles. The number of H-pyrrole nitrogens is 1. The Hall–Kier alpha value is -1.64. The van der Waals surface area contributed by atoms with Crippen molar-refractivity contribution in [3.8, 4) is 11.3 Å². The van der Waals surface area contributed by atoms with Gasteiger partial charge in [-0.2, -0.15) is 5.10 Å². The molecular formula is C13H15FN2. The Morgan fingerprint density at radius 2 is 1.94 bits per heavy atom. The summed E-state index contributed by atoms with van der Waals surface area (Å²) in [4.78, 5) is 0. The van der Waals surface area contributed by atoms with Crippen molar-refractivity contribution in [1.82, 2.24) is 10.2 Å². The number of rotatable bonds is 2. The van der Waals surface area contributed by atoms with Gasteiger partial charge >= 0.3 is 0 Å². The average molecular weight is 218 g/mol. The molecule has 2 nitrogen and oxygen atoms in total. The molecule has 0 aliphatic heterocycles. The van der Waals surface area contributed by atoms with E-state index < -0.39 is 0 Å². The van der Waals surface area contributed by atoms with Crippen LogP contribution in [0, 0.1) is 12.7 Å². The molecule has 0 bridgehead atoms. The molecule has 16 heavy (non-hydrogen) atoms. The van der Waals surface area contributed by atoms with Crippen molar-refractivity contribution in [2.24, 2.45) is 0 Å². The van der Waals surface area contributed by atoms with Gasteiger partial charge in [0.15, 0.2) is 5.82 Å². The number of hydrogen-bond donors (Lipinski definition) is 1. The zero-order chi connectivity index (χ0) is 11.7. The average Bonchev–Trinajstić information content (AvgIpc) is 2.61. The van der Waals surface area contributed by atoms with Crippen LogP contribution in [0.4, 0.5) is 4.39 Å². The van der Waals surface area contributed by atoms with Crippen molar-refractivity contribution in [3.05, 3.63) is 41.3 Å². The molecule has 0 unspecified atom stereocenters. The van der Waals surface area contributed by atoms with Crippen LogP contribution in [0.1, 0.15) is 31.0 Å². The predicted molar refractivity (Wildman–Crippen MR) is 62.8 cm³/mol. The van der Waals surface area contributed by atoms with Gasteiger partial charge in [-0.25, -0.2) is 4.39 Å². The highest BCUT2D eigenvalue weighted by Gasteiger charge is 2.17. The minimum Gasteiger partial charge on any atom is -0.279 e. The van der Waals surface area contributed by atoms with Crippen molar-refractivity contribution < 1.29 is 4.39 Å². The minimum absolute atomic E-state index is 0.116. The molecule has 2 rings (SSSR count). The Balaban J connectivity index is 2.54. The van der Waals surface area contributed by atoms with E-state index >= 15 is 0 Å². The SMILES string of the molecule is Cc1ccccc1-c1n[nH]c(C(C)C)c1F. The van der Waals surface area contributed by atoms with Crippen molar-refractivity contribution in [3.63, 3.8) is 0 Å². The number of hydrogen-bond acceptors (Lipinski definition) is 1. The van der Waals surface area contributed by atoms with Gasteiger partial charge in [-0.15, -0.1) is 0 Å². The summed E-state index contributed by atoms with van der Waals surface area (Å²) in [6, 6.07) is 7.68. The molecule has 0 fully saturated rings. The first-order chi connectivity index (χ1) is 7.61. The number of aromatic amines is 1. The van der Waals surface area contributed by atoms with E-state index in [2.05, 4.69) is 10.2 Å². The molecule has 84 valence electrons. The van der Waals surface area contributed by atoms with Crippen LogP contribution < -0.4 is 0 Å². The molecule has 0 aliphatic rings. The van der Waals surface area contributed by atoms with Gasteiger partial charge in [-0.1, -0.05) is 38.1 Å².